The van der Waals surface area contributed by atoms with Crippen molar-refractivity contribution in [3.05, 3.63) is 77.0 Å². The summed E-state index contributed by atoms with van der Waals surface area (Å²) in [6.07, 6.45) is 1.72. The van der Waals surface area contributed by atoms with Crippen molar-refractivity contribution < 1.29 is 14.3 Å². The Bertz CT molecular complexity index is 984. The summed E-state index contributed by atoms with van der Waals surface area (Å²) in [6, 6.07) is 17.8. The molecular formula is C23H24N2O3. The molecule has 0 unspecified atom stereocenters. The number of nitrogens with one attached hydrogen (secondary N) is 1. The Labute approximate surface area is 164 Å². The van der Waals surface area contributed by atoms with E-state index in [-0.39, 0.29) is 12.5 Å². The molecule has 0 bridgehead atoms. The molecule has 0 aliphatic heterocycles. The van der Waals surface area contributed by atoms with Gasteiger partial charge in [0.1, 0.15) is 0 Å². The Balaban J connectivity index is 1.51. The Kier molecular flexibility index (Phi) is 6.37. The summed E-state index contributed by atoms with van der Waals surface area (Å²) in [7, 11) is 0. The number of hydrogen-bond acceptors (Lipinski definition) is 4. The van der Waals surface area contributed by atoms with E-state index in [4.69, 9.17) is 4.74 Å². The van der Waals surface area contributed by atoms with Crippen molar-refractivity contribution in [2.24, 2.45) is 0 Å². The van der Waals surface area contributed by atoms with Crippen LogP contribution >= 0.6 is 0 Å². The topological polar surface area (TPSA) is 68.3 Å². The average molecular weight is 376 g/mol. The van der Waals surface area contributed by atoms with Crippen LogP contribution in [0.4, 0.5) is 0 Å². The molecule has 1 N–H and O–H groups in total. The molecule has 1 aromatic heterocycles. The standard InChI is InChI=1S/C23H24N2O3/c1-16-19-12-6-7-13-20(19)25-17(2)22(16)23(27)28-15-21(26)24-14-8-11-18-9-4-3-5-10-18/h3-7,9-10,12-13H,8,11,14-15H2,1-2H3,(H,24,26). The van der Waals surface area contributed by atoms with Gasteiger partial charge in [0.05, 0.1) is 16.8 Å². The Morgan fingerprint density at radius 3 is 2.50 bits per heavy atom. The van der Waals surface area contributed by atoms with Gasteiger partial charge >= 0.3 is 5.97 Å². The van der Waals surface area contributed by atoms with Gasteiger partial charge in [-0.15, -0.1) is 0 Å². The van der Waals surface area contributed by atoms with Crippen LogP contribution < -0.4 is 5.32 Å². The van der Waals surface area contributed by atoms with Crippen molar-refractivity contribution in [3.8, 4) is 0 Å². The highest BCUT2D eigenvalue weighted by Crippen LogP contribution is 2.23. The van der Waals surface area contributed by atoms with Gasteiger partial charge in [0.25, 0.3) is 5.91 Å². The Morgan fingerprint density at radius 2 is 1.71 bits per heavy atom. The van der Waals surface area contributed by atoms with Gasteiger partial charge in [-0.3, -0.25) is 9.78 Å². The lowest BCUT2D eigenvalue weighted by Crippen LogP contribution is -2.30. The maximum absolute atomic E-state index is 12.5. The quantitative estimate of drug-likeness (QED) is 0.504. The van der Waals surface area contributed by atoms with E-state index in [2.05, 4.69) is 22.4 Å². The molecule has 5 heteroatoms. The summed E-state index contributed by atoms with van der Waals surface area (Å²) >= 11 is 0. The molecule has 1 amide bonds. The number of esters is 1. The lowest BCUT2D eigenvalue weighted by molar-refractivity contribution is -0.124. The molecule has 0 saturated heterocycles. The van der Waals surface area contributed by atoms with Crippen molar-refractivity contribution in [1.29, 1.82) is 0 Å². The predicted molar refractivity (Wildman–Crippen MR) is 109 cm³/mol. The predicted octanol–water partition coefficient (Wildman–Crippen LogP) is 3.76. The van der Waals surface area contributed by atoms with Gasteiger partial charge in [-0.1, -0.05) is 48.5 Å². The first kappa shape index (κ1) is 19.5. The van der Waals surface area contributed by atoms with Crippen molar-refractivity contribution in [2.75, 3.05) is 13.2 Å². The van der Waals surface area contributed by atoms with Crippen LogP contribution in [0.25, 0.3) is 10.9 Å². The van der Waals surface area contributed by atoms with Gasteiger partial charge in [-0.2, -0.15) is 0 Å². The molecule has 144 valence electrons. The van der Waals surface area contributed by atoms with Crippen LogP contribution in [-0.4, -0.2) is 30.0 Å². The first-order chi connectivity index (χ1) is 13.6. The number of rotatable bonds is 7. The molecule has 1 heterocycles. The minimum Gasteiger partial charge on any atom is -0.452 e. The second kappa shape index (κ2) is 9.13. The van der Waals surface area contributed by atoms with E-state index in [1.54, 1.807) is 6.92 Å². The van der Waals surface area contributed by atoms with Gasteiger partial charge in [0, 0.05) is 11.9 Å². The molecule has 3 aromatic rings. The second-order valence-electron chi connectivity index (χ2n) is 6.73. The zero-order valence-electron chi connectivity index (χ0n) is 16.2. The molecule has 0 aliphatic rings. The number of nitrogens with zero attached hydrogens (tertiary/aromatic N) is 1. The van der Waals surface area contributed by atoms with E-state index in [0.29, 0.717) is 17.8 Å². The normalized spacial score (nSPS) is 10.6. The van der Waals surface area contributed by atoms with Crippen molar-refractivity contribution in [1.82, 2.24) is 10.3 Å². The first-order valence-corrected chi connectivity index (χ1v) is 9.40. The first-order valence-electron chi connectivity index (χ1n) is 9.40. The van der Waals surface area contributed by atoms with Crippen molar-refractivity contribution in [2.45, 2.75) is 26.7 Å². The number of aromatic nitrogens is 1. The number of para-hydroxylation sites is 1. The number of fused-ring (bicyclic) bond motifs is 1. The van der Waals surface area contributed by atoms with Crippen LogP contribution in [0.2, 0.25) is 0 Å². The summed E-state index contributed by atoms with van der Waals surface area (Å²) < 4.78 is 5.22. The zero-order valence-corrected chi connectivity index (χ0v) is 16.2. The number of hydrogen-bond donors (Lipinski definition) is 1. The molecule has 0 saturated carbocycles. The third kappa shape index (κ3) is 4.74. The number of pyridine rings is 1. The smallest absolute Gasteiger partial charge is 0.340 e. The minimum absolute atomic E-state index is 0.296. The fourth-order valence-electron chi connectivity index (χ4n) is 3.25. The highest BCUT2D eigenvalue weighted by Gasteiger charge is 2.18. The number of benzene rings is 2. The van der Waals surface area contributed by atoms with E-state index in [0.717, 1.165) is 29.3 Å². The maximum atomic E-state index is 12.5. The van der Waals surface area contributed by atoms with Crippen LogP contribution in [0, 0.1) is 13.8 Å². The SMILES string of the molecule is Cc1nc2ccccc2c(C)c1C(=O)OCC(=O)NCCCc1ccccc1. The van der Waals surface area contributed by atoms with E-state index < -0.39 is 5.97 Å². The fourth-order valence-corrected chi connectivity index (χ4v) is 3.25. The van der Waals surface area contributed by atoms with E-state index >= 15 is 0 Å². The minimum atomic E-state index is -0.521. The molecular weight excluding hydrogens is 352 g/mol. The third-order valence-corrected chi connectivity index (χ3v) is 4.68. The van der Waals surface area contributed by atoms with E-state index in [1.165, 1.54) is 5.56 Å². The summed E-state index contributed by atoms with van der Waals surface area (Å²) in [5, 5.41) is 3.69. The van der Waals surface area contributed by atoms with Crippen LogP contribution in [0.5, 0.6) is 0 Å². The lowest BCUT2D eigenvalue weighted by atomic mass is 10.0. The van der Waals surface area contributed by atoms with E-state index in [1.807, 2.05) is 49.4 Å². The molecule has 0 spiro atoms. The largest absolute Gasteiger partial charge is 0.452 e. The van der Waals surface area contributed by atoms with Gasteiger partial charge in [-0.25, -0.2) is 4.79 Å². The summed E-state index contributed by atoms with van der Waals surface area (Å²) in [4.78, 5) is 28.9. The van der Waals surface area contributed by atoms with Gasteiger partial charge in [0.15, 0.2) is 6.61 Å². The maximum Gasteiger partial charge on any atom is 0.340 e. The molecule has 0 aliphatic carbocycles. The fraction of sp³-hybridized carbons (Fsp3) is 0.261. The highest BCUT2D eigenvalue weighted by atomic mass is 16.5. The number of ether oxygens (including phenoxy) is 1. The average Bonchev–Trinajstić information content (AvgIpc) is 2.70. The molecule has 28 heavy (non-hydrogen) atoms. The number of carbonyl (C=O) groups excluding carboxylic acids is 2. The monoisotopic (exact) mass is 376 g/mol. The second-order valence-corrected chi connectivity index (χ2v) is 6.73. The molecule has 2 aromatic carbocycles. The van der Waals surface area contributed by atoms with Crippen LogP contribution in [0.15, 0.2) is 54.6 Å². The number of amides is 1. The van der Waals surface area contributed by atoms with Gasteiger partial charge in [0.2, 0.25) is 0 Å². The molecule has 0 atom stereocenters. The highest BCUT2D eigenvalue weighted by molar-refractivity contribution is 5.99. The molecule has 0 radical (unpaired) electrons. The van der Waals surface area contributed by atoms with Crippen molar-refractivity contribution in [3.63, 3.8) is 0 Å². The number of aryl methyl sites for hydroxylation is 3. The number of carbonyl (C=O) groups is 2. The van der Waals surface area contributed by atoms with Gasteiger partial charge in [-0.05, 0) is 43.9 Å². The molecule has 5 nitrogen and oxygen atoms in total. The van der Waals surface area contributed by atoms with Crippen LogP contribution in [0.3, 0.4) is 0 Å². The van der Waals surface area contributed by atoms with Crippen molar-refractivity contribution >= 4 is 22.8 Å². The summed E-state index contributed by atoms with van der Waals surface area (Å²) in [5.74, 6) is -0.821. The Morgan fingerprint density at radius 1 is 1.00 bits per heavy atom. The Hall–Kier alpha value is -3.21. The van der Waals surface area contributed by atoms with Gasteiger partial charge < -0.3 is 10.1 Å². The molecule has 0 fully saturated rings. The van der Waals surface area contributed by atoms with Crippen LogP contribution in [0.1, 0.15) is 33.6 Å². The summed E-state index contributed by atoms with van der Waals surface area (Å²) in [6.45, 7) is 3.90. The molecule has 3 rings (SSSR count). The van der Waals surface area contributed by atoms with E-state index in [9.17, 15) is 9.59 Å². The van der Waals surface area contributed by atoms with Crippen LogP contribution in [-0.2, 0) is 16.0 Å². The summed E-state index contributed by atoms with van der Waals surface area (Å²) in [5.41, 5.74) is 3.92. The lowest BCUT2D eigenvalue weighted by Gasteiger charge is -2.12. The third-order valence-electron chi connectivity index (χ3n) is 4.68. The zero-order chi connectivity index (χ0) is 19.9.